The Kier molecular flexibility index (Phi) is 6.75. The van der Waals surface area contributed by atoms with E-state index in [9.17, 15) is 5.26 Å². The van der Waals surface area contributed by atoms with E-state index in [1.807, 2.05) is 18.2 Å². The molecule has 1 aromatic carbocycles. The maximum Gasteiger partial charge on any atom is 0.102 e. The SMILES string of the molecule is CCSc1cccc(NC(COC)C(C)C)c1C#N. The molecule has 1 rings (SSSR count). The number of thioether (sulfide) groups is 1. The largest absolute Gasteiger partial charge is 0.383 e. The predicted molar refractivity (Wildman–Crippen MR) is 81.7 cm³/mol. The van der Waals surface area contributed by atoms with Gasteiger partial charge < -0.3 is 10.1 Å². The van der Waals surface area contributed by atoms with Crippen LogP contribution >= 0.6 is 11.8 Å². The normalized spacial score (nSPS) is 12.2. The van der Waals surface area contributed by atoms with Crippen LogP contribution in [0.1, 0.15) is 26.3 Å². The Morgan fingerprint density at radius 1 is 1.42 bits per heavy atom. The van der Waals surface area contributed by atoms with Crippen LogP contribution in [0.2, 0.25) is 0 Å². The van der Waals surface area contributed by atoms with Crippen molar-refractivity contribution in [3.63, 3.8) is 0 Å². The number of methoxy groups -OCH3 is 1. The van der Waals surface area contributed by atoms with Gasteiger partial charge in [-0.3, -0.25) is 0 Å². The van der Waals surface area contributed by atoms with Crippen molar-refractivity contribution in [2.24, 2.45) is 5.92 Å². The van der Waals surface area contributed by atoms with Crippen molar-refractivity contribution in [3.05, 3.63) is 23.8 Å². The number of benzene rings is 1. The highest BCUT2D eigenvalue weighted by Crippen LogP contribution is 2.28. The number of nitrogens with one attached hydrogen (secondary N) is 1. The van der Waals surface area contributed by atoms with Crippen molar-refractivity contribution in [2.45, 2.75) is 31.7 Å². The summed E-state index contributed by atoms with van der Waals surface area (Å²) in [4.78, 5) is 1.04. The molecule has 0 amide bonds. The fourth-order valence-electron chi connectivity index (χ4n) is 1.82. The predicted octanol–water partition coefficient (Wildman–Crippen LogP) is 3.75. The highest BCUT2D eigenvalue weighted by molar-refractivity contribution is 7.99. The summed E-state index contributed by atoms with van der Waals surface area (Å²) in [6, 6.07) is 8.47. The molecule has 4 heteroatoms. The third kappa shape index (κ3) is 4.45. The van der Waals surface area contributed by atoms with Gasteiger partial charge >= 0.3 is 0 Å². The number of nitriles is 1. The average Bonchev–Trinajstić information content (AvgIpc) is 2.38. The number of hydrogen-bond donors (Lipinski definition) is 1. The molecule has 0 heterocycles. The Labute approximate surface area is 120 Å². The van der Waals surface area contributed by atoms with Crippen LogP contribution in [0.5, 0.6) is 0 Å². The van der Waals surface area contributed by atoms with Gasteiger partial charge in [-0.2, -0.15) is 5.26 Å². The molecule has 0 saturated carbocycles. The zero-order valence-electron chi connectivity index (χ0n) is 12.1. The van der Waals surface area contributed by atoms with Crippen LogP contribution in [-0.4, -0.2) is 25.5 Å². The fourth-order valence-corrected chi connectivity index (χ4v) is 2.61. The van der Waals surface area contributed by atoms with E-state index in [-0.39, 0.29) is 6.04 Å². The van der Waals surface area contributed by atoms with Crippen molar-refractivity contribution in [3.8, 4) is 6.07 Å². The summed E-state index contributed by atoms with van der Waals surface area (Å²) in [6.45, 7) is 7.02. The third-order valence-electron chi connectivity index (χ3n) is 2.93. The van der Waals surface area contributed by atoms with Crippen LogP contribution in [0.4, 0.5) is 5.69 Å². The number of hydrogen-bond acceptors (Lipinski definition) is 4. The lowest BCUT2D eigenvalue weighted by atomic mass is 10.0. The minimum atomic E-state index is 0.207. The minimum absolute atomic E-state index is 0.207. The van der Waals surface area contributed by atoms with Crippen molar-refractivity contribution >= 4 is 17.4 Å². The van der Waals surface area contributed by atoms with Crippen LogP contribution in [0.25, 0.3) is 0 Å². The summed E-state index contributed by atoms with van der Waals surface area (Å²) in [5.74, 6) is 1.40. The number of rotatable bonds is 7. The molecule has 19 heavy (non-hydrogen) atoms. The second kappa shape index (κ2) is 8.08. The first kappa shape index (κ1) is 15.9. The molecule has 0 aliphatic carbocycles. The number of ether oxygens (including phenoxy) is 1. The molecule has 1 N–H and O–H groups in total. The molecular formula is C15H22N2OS. The van der Waals surface area contributed by atoms with Crippen molar-refractivity contribution in [1.82, 2.24) is 0 Å². The molecule has 0 aliphatic heterocycles. The molecule has 0 saturated heterocycles. The first-order chi connectivity index (χ1) is 9.13. The molecule has 1 unspecified atom stereocenters. The Morgan fingerprint density at radius 3 is 2.68 bits per heavy atom. The van der Waals surface area contributed by atoms with Gasteiger partial charge in [-0.1, -0.05) is 26.8 Å². The average molecular weight is 278 g/mol. The summed E-state index contributed by atoms with van der Waals surface area (Å²) in [7, 11) is 1.70. The van der Waals surface area contributed by atoms with Gasteiger partial charge in [0.15, 0.2) is 0 Å². The van der Waals surface area contributed by atoms with E-state index in [0.29, 0.717) is 12.5 Å². The number of anilines is 1. The van der Waals surface area contributed by atoms with Gasteiger partial charge in [-0.05, 0) is 23.8 Å². The van der Waals surface area contributed by atoms with Gasteiger partial charge in [0.05, 0.1) is 23.9 Å². The lowest BCUT2D eigenvalue weighted by Crippen LogP contribution is -2.30. The maximum absolute atomic E-state index is 9.37. The molecule has 0 bridgehead atoms. The van der Waals surface area contributed by atoms with Crippen molar-refractivity contribution in [2.75, 3.05) is 24.8 Å². The van der Waals surface area contributed by atoms with Crippen LogP contribution in [-0.2, 0) is 4.74 Å². The standard InChI is InChI=1S/C15H22N2OS/c1-5-19-15-8-6-7-13(12(15)9-16)17-14(10-18-4)11(2)3/h6-8,11,14,17H,5,10H2,1-4H3. The lowest BCUT2D eigenvalue weighted by molar-refractivity contribution is 0.171. The highest BCUT2D eigenvalue weighted by Gasteiger charge is 2.16. The van der Waals surface area contributed by atoms with Crippen LogP contribution in [0, 0.1) is 17.2 Å². The zero-order chi connectivity index (χ0) is 14.3. The maximum atomic E-state index is 9.37. The Hall–Kier alpha value is -1.18. The van der Waals surface area contributed by atoms with E-state index in [1.165, 1.54) is 0 Å². The summed E-state index contributed by atoms with van der Waals surface area (Å²) < 4.78 is 5.24. The first-order valence-electron chi connectivity index (χ1n) is 6.55. The molecule has 104 valence electrons. The quantitative estimate of drug-likeness (QED) is 0.771. The van der Waals surface area contributed by atoms with E-state index < -0.39 is 0 Å². The van der Waals surface area contributed by atoms with Gasteiger partial charge in [-0.15, -0.1) is 11.8 Å². The zero-order valence-corrected chi connectivity index (χ0v) is 12.9. The van der Waals surface area contributed by atoms with E-state index in [2.05, 4.69) is 32.2 Å². The molecule has 0 fully saturated rings. The van der Waals surface area contributed by atoms with Crippen LogP contribution < -0.4 is 5.32 Å². The first-order valence-corrected chi connectivity index (χ1v) is 7.54. The fraction of sp³-hybridized carbons (Fsp3) is 0.533. The summed E-state index contributed by atoms with van der Waals surface area (Å²) >= 11 is 1.70. The van der Waals surface area contributed by atoms with E-state index in [0.717, 1.165) is 21.9 Å². The Morgan fingerprint density at radius 2 is 2.16 bits per heavy atom. The van der Waals surface area contributed by atoms with Gasteiger partial charge in [0, 0.05) is 12.0 Å². The Balaban J connectivity index is 2.99. The number of nitrogens with zero attached hydrogens (tertiary/aromatic N) is 1. The molecule has 3 nitrogen and oxygen atoms in total. The van der Waals surface area contributed by atoms with E-state index >= 15 is 0 Å². The molecule has 1 atom stereocenters. The second-order valence-electron chi connectivity index (χ2n) is 4.67. The topological polar surface area (TPSA) is 45.0 Å². The van der Waals surface area contributed by atoms with E-state index in [4.69, 9.17) is 4.74 Å². The van der Waals surface area contributed by atoms with Gasteiger partial charge in [0.2, 0.25) is 0 Å². The van der Waals surface area contributed by atoms with Crippen molar-refractivity contribution in [1.29, 1.82) is 5.26 Å². The summed E-state index contributed by atoms with van der Waals surface area (Å²) in [5, 5.41) is 12.8. The highest BCUT2D eigenvalue weighted by atomic mass is 32.2. The van der Waals surface area contributed by atoms with Gasteiger partial charge in [0.25, 0.3) is 0 Å². The van der Waals surface area contributed by atoms with Crippen LogP contribution in [0.15, 0.2) is 23.1 Å². The van der Waals surface area contributed by atoms with Crippen molar-refractivity contribution < 1.29 is 4.74 Å². The van der Waals surface area contributed by atoms with E-state index in [1.54, 1.807) is 18.9 Å². The van der Waals surface area contributed by atoms with Crippen LogP contribution in [0.3, 0.4) is 0 Å². The monoisotopic (exact) mass is 278 g/mol. The molecule has 0 spiro atoms. The lowest BCUT2D eigenvalue weighted by Gasteiger charge is -2.23. The molecule has 0 radical (unpaired) electrons. The third-order valence-corrected chi connectivity index (χ3v) is 3.87. The smallest absolute Gasteiger partial charge is 0.102 e. The Bertz CT molecular complexity index is 440. The summed E-state index contributed by atoms with van der Waals surface area (Å²) in [5.41, 5.74) is 1.63. The minimum Gasteiger partial charge on any atom is -0.383 e. The molecule has 0 aromatic heterocycles. The van der Waals surface area contributed by atoms with Gasteiger partial charge in [0.1, 0.15) is 6.07 Å². The van der Waals surface area contributed by atoms with Gasteiger partial charge in [-0.25, -0.2) is 0 Å². The second-order valence-corrected chi connectivity index (χ2v) is 5.98. The molecule has 1 aromatic rings. The molecular weight excluding hydrogens is 256 g/mol. The summed E-state index contributed by atoms with van der Waals surface area (Å²) in [6.07, 6.45) is 0. The molecule has 0 aliphatic rings.